The van der Waals surface area contributed by atoms with Gasteiger partial charge in [0.2, 0.25) is 5.91 Å². The van der Waals surface area contributed by atoms with Gasteiger partial charge in [-0.05, 0) is 55.7 Å². The standard InChI is InChI=1S/C18H18ClNO2/c1-11-3-5-16(12(2)7-11)20-18(21)14-8-13-9-15(19)4-6-17(13)22-10-14/h3-7,9,14H,8,10H2,1-2H3,(H,20,21)/t14-/m1/s1. The lowest BCUT2D eigenvalue weighted by atomic mass is 9.96. The number of anilines is 1. The normalized spacial score (nSPS) is 16.6. The van der Waals surface area contributed by atoms with Crippen LogP contribution in [0.25, 0.3) is 0 Å². The fourth-order valence-corrected chi connectivity index (χ4v) is 2.91. The van der Waals surface area contributed by atoms with Crippen molar-refractivity contribution < 1.29 is 9.53 Å². The van der Waals surface area contributed by atoms with Crippen molar-refractivity contribution in [2.24, 2.45) is 5.92 Å². The summed E-state index contributed by atoms with van der Waals surface area (Å²) in [5.74, 6) is 0.601. The molecule has 0 saturated carbocycles. The molecule has 1 atom stereocenters. The minimum absolute atomic E-state index is 0.0161. The van der Waals surface area contributed by atoms with Crippen LogP contribution in [0.4, 0.5) is 5.69 Å². The van der Waals surface area contributed by atoms with E-state index in [2.05, 4.69) is 11.4 Å². The molecule has 1 amide bonds. The monoisotopic (exact) mass is 315 g/mol. The lowest BCUT2D eigenvalue weighted by molar-refractivity contribution is -0.121. The van der Waals surface area contributed by atoms with E-state index < -0.39 is 0 Å². The van der Waals surface area contributed by atoms with E-state index in [9.17, 15) is 4.79 Å². The second kappa shape index (κ2) is 6.01. The molecule has 0 spiro atoms. The van der Waals surface area contributed by atoms with Crippen molar-refractivity contribution >= 4 is 23.2 Å². The molecule has 0 bridgehead atoms. The fraction of sp³-hybridized carbons (Fsp3) is 0.278. The summed E-state index contributed by atoms with van der Waals surface area (Å²) in [5.41, 5.74) is 4.08. The first-order chi connectivity index (χ1) is 10.5. The van der Waals surface area contributed by atoms with Crippen molar-refractivity contribution in [3.63, 3.8) is 0 Å². The highest BCUT2D eigenvalue weighted by Crippen LogP contribution is 2.30. The van der Waals surface area contributed by atoms with Gasteiger partial charge in [-0.2, -0.15) is 0 Å². The van der Waals surface area contributed by atoms with Crippen LogP contribution >= 0.6 is 11.6 Å². The number of carbonyl (C=O) groups is 1. The molecule has 114 valence electrons. The summed E-state index contributed by atoms with van der Waals surface area (Å²) >= 11 is 6.01. The predicted molar refractivity (Wildman–Crippen MR) is 88.7 cm³/mol. The van der Waals surface area contributed by atoms with Crippen LogP contribution in [0.5, 0.6) is 5.75 Å². The average Bonchev–Trinajstić information content (AvgIpc) is 2.49. The zero-order valence-electron chi connectivity index (χ0n) is 12.7. The average molecular weight is 316 g/mol. The molecule has 1 aliphatic heterocycles. The molecular formula is C18H18ClNO2. The Hall–Kier alpha value is -2.00. The number of amides is 1. The van der Waals surface area contributed by atoms with Crippen LogP contribution in [0.15, 0.2) is 36.4 Å². The van der Waals surface area contributed by atoms with Crippen LogP contribution < -0.4 is 10.1 Å². The third-order valence-corrected chi connectivity index (χ3v) is 4.17. The van der Waals surface area contributed by atoms with E-state index in [0.717, 1.165) is 22.6 Å². The van der Waals surface area contributed by atoms with Gasteiger partial charge in [0, 0.05) is 10.7 Å². The zero-order valence-corrected chi connectivity index (χ0v) is 13.4. The second-order valence-corrected chi connectivity index (χ2v) is 6.21. The number of carbonyl (C=O) groups excluding carboxylic acids is 1. The maximum Gasteiger partial charge on any atom is 0.231 e. The lowest BCUT2D eigenvalue weighted by Gasteiger charge is -2.25. The van der Waals surface area contributed by atoms with Crippen LogP contribution in [0.1, 0.15) is 16.7 Å². The van der Waals surface area contributed by atoms with Crippen LogP contribution in [0, 0.1) is 19.8 Å². The maximum atomic E-state index is 12.5. The van der Waals surface area contributed by atoms with Crippen molar-refractivity contribution in [2.45, 2.75) is 20.3 Å². The molecule has 22 heavy (non-hydrogen) atoms. The number of hydrogen-bond acceptors (Lipinski definition) is 2. The van der Waals surface area contributed by atoms with E-state index in [-0.39, 0.29) is 11.8 Å². The Bertz CT molecular complexity index is 727. The molecule has 1 aliphatic rings. The zero-order chi connectivity index (χ0) is 15.7. The summed E-state index contributed by atoms with van der Waals surface area (Å²) in [6.07, 6.45) is 0.645. The van der Waals surface area contributed by atoms with Gasteiger partial charge in [-0.15, -0.1) is 0 Å². The predicted octanol–water partition coefficient (Wildman–Crippen LogP) is 4.15. The molecule has 2 aromatic rings. The minimum atomic E-state index is -0.202. The van der Waals surface area contributed by atoms with Crippen molar-refractivity contribution in [1.82, 2.24) is 0 Å². The van der Waals surface area contributed by atoms with Crippen LogP contribution in [0.3, 0.4) is 0 Å². The van der Waals surface area contributed by atoms with Gasteiger partial charge in [-0.3, -0.25) is 4.79 Å². The number of fused-ring (bicyclic) bond motifs is 1. The molecule has 0 aliphatic carbocycles. The Labute approximate surface area is 135 Å². The molecule has 1 N–H and O–H groups in total. The van der Waals surface area contributed by atoms with Crippen molar-refractivity contribution in [3.8, 4) is 5.75 Å². The number of halogens is 1. The molecule has 3 rings (SSSR count). The molecule has 0 fully saturated rings. The Kier molecular flexibility index (Phi) is 4.08. The van der Waals surface area contributed by atoms with E-state index in [1.807, 2.05) is 38.1 Å². The molecule has 0 radical (unpaired) electrons. The van der Waals surface area contributed by atoms with E-state index in [1.165, 1.54) is 5.56 Å². The van der Waals surface area contributed by atoms with E-state index in [1.54, 1.807) is 6.07 Å². The Morgan fingerprint density at radius 3 is 2.82 bits per heavy atom. The summed E-state index contributed by atoms with van der Waals surface area (Å²) in [6.45, 7) is 4.43. The van der Waals surface area contributed by atoms with Crippen molar-refractivity contribution in [1.29, 1.82) is 0 Å². The molecule has 1 heterocycles. The second-order valence-electron chi connectivity index (χ2n) is 5.77. The molecule has 0 unspecified atom stereocenters. The first-order valence-corrected chi connectivity index (χ1v) is 7.70. The first kappa shape index (κ1) is 14.9. The van der Waals surface area contributed by atoms with Gasteiger partial charge in [0.1, 0.15) is 12.4 Å². The summed E-state index contributed by atoms with van der Waals surface area (Å²) in [5, 5.41) is 3.67. The number of ether oxygens (including phenoxy) is 1. The van der Waals surface area contributed by atoms with Gasteiger partial charge >= 0.3 is 0 Å². The van der Waals surface area contributed by atoms with E-state index in [0.29, 0.717) is 18.1 Å². The van der Waals surface area contributed by atoms with Gasteiger partial charge < -0.3 is 10.1 Å². The van der Waals surface area contributed by atoms with Crippen LogP contribution in [-0.4, -0.2) is 12.5 Å². The third kappa shape index (κ3) is 3.09. The Balaban J connectivity index is 1.74. The van der Waals surface area contributed by atoms with Crippen LogP contribution in [0.2, 0.25) is 5.02 Å². The number of aryl methyl sites for hydroxylation is 2. The van der Waals surface area contributed by atoms with Crippen LogP contribution in [-0.2, 0) is 11.2 Å². The van der Waals surface area contributed by atoms with Gasteiger partial charge in [0.15, 0.2) is 0 Å². The summed E-state index contributed by atoms with van der Waals surface area (Å²) in [4.78, 5) is 12.5. The maximum absolute atomic E-state index is 12.5. The van der Waals surface area contributed by atoms with Gasteiger partial charge in [-0.25, -0.2) is 0 Å². The fourth-order valence-electron chi connectivity index (χ4n) is 2.72. The van der Waals surface area contributed by atoms with E-state index in [4.69, 9.17) is 16.3 Å². The van der Waals surface area contributed by atoms with Gasteiger partial charge in [0.05, 0.1) is 5.92 Å². The molecule has 0 aromatic heterocycles. The lowest BCUT2D eigenvalue weighted by Crippen LogP contribution is -2.32. The molecule has 4 heteroatoms. The number of nitrogens with one attached hydrogen (secondary N) is 1. The largest absolute Gasteiger partial charge is 0.492 e. The highest BCUT2D eigenvalue weighted by Gasteiger charge is 2.26. The highest BCUT2D eigenvalue weighted by molar-refractivity contribution is 6.30. The topological polar surface area (TPSA) is 38.3 Å². The smallest absolute Gasteiger partial charge is 0.231 e. The number of hydrogen-bond donors (Lipinski definition) is 1. The van der Waals surface area contributed by atoms with Crippen molar-refractivity contribution in [3.05, 3.63) is 58.1 Å². The molecule has 0 saturated heterocycles. The summed E-state index contributed by atoms with van der Waals surface area (Å²) in [7, 11) is 0. The van der Waals surface area contributed by atoms with Gasteiger partial charge in [-0.1, -0.05) is 29.3 Å². The molecule has 3 nitrogen and oxygen atoms in total. The summed E-state index contributed by atoms with van der Waals surface area (Å²) in [6, 6.07) is 11.5. The van der Waals surface area contributed by atoms with Gasteiger partial charge in [0.25, 0.3) is 0 Å². The summed E-state index contributed by atoms with van der Waals surface area (Å²) < 4.78 is 5.68. The Morgan fingerprint density at radius 1 is 1.23 bits per heavy atom. The first-order valence-electron chi connectivity index (χ1n) is 7.32. The molecule has 2 aromatic carbocycles. The molecular weight excluding hydrogens is 298 g/mol. The van der Waals surface area contributed by atoms with Crippen molar-refractivity contribution in [2.75, 3.05) is 11.9 Å². The Morgan fingerprint density at radius 2 is 2.05 bits per heavy atom. The third-order valence-electron chi connectivity index (χ3n) is 3.94. The minimum Gasteiger partial charge on any atom is -0.492 e. The number of rotatable bonds is 2. The number of benzene rings is 2. The SMILES string of the molecule is Cc1ccc(NC(=O)[C@H]2COc3ccc(Cl)cc3C2)c(C)c1. The highest BCUT2D eigenvalue weighted by atomic mass is 35.5. The van der Waals surface area contributed by atoms with E-state index >= 15 is 0 Å². The quantitative estimate of drug-likeness (QED) is 0.904.